The van der Waals surface area contributed by atoms with Crippen LogP contribution in [-0.4, -0.2) is 25.9 Å². The van der Waals surface area contributed by atoms with E-state index in [1.807, 2.05) is 0 Å². The van der Waals surface area contributed by atoms with Gasteiger partial charge in [-0.15, -0.1) is 10.2 Å². The van der Waals surface area contributed by atoms with E-state index >= 15 is 0 Å². The first kappa shape index (κ1) is 16.5. The summed E-state index contributed by atoms with van der Waals surface area (Å²) in [6.45, 7) is 0. The zero-order chi connectivity index (χ0) is 18.6. The van der Waals surface area contributed by atoms with Crippen LogP contribution < -0.4 is 0 Å². The van der Waals surface area contributed by atoms with Gasteiger partial charge in [-0.1, -0.05) is 12.1 Å². The Morgan fingerprint density at radius 1 is 1.00 bits per heavy atom. The standard InChI is InChI=1S/C19H13FN6O/c20-12-7-8-14-13(11-12)17(19(27)23-14)25-26-18(15-5-1-3-9-21-15)24-16-6-2-4-10-22-16/h1-11,23,27H/b24-18+,26-25?. The third-order valence-electron chi connectivity index (χ3n) is 3.72. The summed E-state index contributed by atoms with van der Waals surface area (Å²) in [6, 6.07) is 14.7. The Morgan fingerprint density at radius 3 is 2.56 bits per heavy atom. The molecule has 2 N–H and O–H groups in total. The maximum atomic E-state index is 13.6. The van der Waals surface area contributed by atoms with Gasteiger partial charge in [0.05, 0.1) is 5.52 Å². The van der Waals surface area contributed by atoms with E-state index in [1.165, 1.54) is 18.2 Å². The quantitative estimate of drug-likeness (QED) is 0.316. The second kappa shape index (κ2) is 7.12. The first-order chi connectivity index (χ1) is 13.2. The number of nitrogens with zero attached hydrogens (tertiary/aromatic N) is 5. The number of hydrogen-bond donors (Lipinski definition) is 2. The summed E-state index contributed by atoms with van der Waals surface area (Å²) in [7, 11) is 0. The lowest BCUT2D eigenvalue weighted by molar-refractivity contribution is 0.459. The first-order valence-corrected chi connectivity index (χ1v) is 8.04. The first-order valence-electron chi connectivity index (χ1n) is 8.04. The lowest BCUT2D eigenvalue weighted by Gasteiger charge is -1.99. The monoisotopic (exact) mass is 360 g/mol. The molecule has 4 rings (SSSR count). The summed E-state index contributed by atoms with van der Waals surface area (Å²) < 4.78 is 13.6. The van der Waals surface area contributed by atoms with Crippen molar-refractivity contribution in [2.75, 3.05) is 0 Å². The Labute approximate surface area is 153 Å². The van der Waals surface area contributed by atoms with Gasteiger partial charge in [0.1, 0.15) is 11.5 Å². The van der Waals surface area contributed by atoms with Crippen LogP contribution in [0.4, 0.5) is 15.9 Å². The van der Waals surface area contributed by atoms with Gasteiger partial charge in [0.15, 0.2) is 11.5 Å². The fraction of sp³-hybridized carbons (Fsp3) is 0. The molecule has 132 valence electrons. The summed E-state index contributed by atoms with van der Waals surface area (Å²) in [6.07, 6.45) is 3.22. The molecule has 3 heterocycles. The van der Waals surface area contributed by atoms with Gasteiger partial charge in [-0.05, 0) is 42.5 Å². The van der Waals surface area contributed by atoms with E-state index in [1.54, 1.807) is 48.8 Å². The topological polar surface area (TPSA) is 98.9 Å². The summed E-state index contributed by atoms with van der Waals surface area (Å²) in [4.78, 5) is 15.5. The van der Waals surface area contributed by atoms with Crippen LogP contribution in [0.25, 0.3) is 10.9 Å². The van der Waals surface area contributed by atoms with Gasteiger partial charge in [0.2, 0.25) is 11.7 Å². The summed E-state index contributed by atoms with van der Waals surface area (Å²) >= 11 is 0. The van der Waals surface area contributed by atoms with Crippen molar-refractivity contribution >= 4 is 28.2 Å². The Balaban J connectivity index is 1.80. The largest absolute Gasteiger partial charge is 0.493 e. The highest BCUT2D eigenvalue weighted by atomic mass is 19.1. The molecule has 1 aromatic carbocycles. The van der Waals surface area contributed by atoms with Crippen LogP contribution in [-0.2, 0) is 0 Å². The number of azo groups is 1. The fourth-order valence-corrected chi connectivity index (χ4v) is 2.49. The predicted octanol–water partition coefficient (Wildman–Crippen LogP) is 4.66. The number of H-pyrrole nitrogens is 1. The van der Waals surface area contributed by atoms with E-state index in [0.717, 1.165) is 0 Å². The third kappa shape index (κ3) is 3.54. The molecule has 3 aromatic heterocycles. The number of aromatic nitrogens is 3. The second-order valence-electron chi connectivity index (χ2n) is 5.55. The van der Waals surface area contributed by atoms with Crippen LogP contribution in [0.15, 0.2) is 82.2 Å². The van der Waals surface area contributed by atoms with E-state index in [2.05, 4.69) is 30.2 Å². The molecule has 0 spiro atoms. The zero-order valence-electron chi connectivity index (χ0n) is 13.9. The molecule has 7 nitrogen and oxygen atoms in total. The van der Waals surface area contributed by atoms with Gasteiger partial charge in [0.25, 0.3) is 0 Å². The Hall–Kier alpha value is -3.94. The number of aromatic hydroxyl groups is 1. The molecular formula is C19H13FN6O. The molecule has 0 aliphatic carbocycles. The lowest BCUT2D eigenvalue weighted by Crippen LogP contribution is -1.99. The smallest absolute Gasteiger partial charge is 0.218 e. The summed E-state index contributed by atoms with van der Waals surface area (Å²) in [5.41, 5.74) is 1.15. The molecule has 0 amide bonds. The molecule has 0 aliphatic rings. The molecule has 27 heavy (non-hydrogen) atoms. The van der Waals surface area contributed by atoms with Crippen LogP contribution in [0.3, 0.4) is 0 Å². The molecule has 4 aromatic rings. The minimum atomic E-state index is -0.440. The van der Waals surface area contributed by atoms with Gasteiger partial charge >= 0.3 is 0 Å². The SMILES string of the molecule is Oc1[nH]c2ccc(F)cc2c1N=N/C(=N/c1ccccn1)c1ccccn1. The normalized spacial score (nSPS) is 12.1. The molecule has 0 saturated carbocycles. The van der Waals surface area contributed by atoms with Crippen LogP contribution in [0, 0.1) is 5.82 Å². The number of hydrogen-bond acceptors (Lipinski definition) is 5. The Kier molecular flexibility index (Phi) is 4.36. The third-order valence-corrected chi connectivity index (χ3v) is 3.72. The number of amidine groups is 1. The Bertz CT molecular complexity index is 1140. The molecule has 0 bridgehead atoms. The summed E-state index contributed by atoms with van der Waals surface area (Å²) in [5.74, 6) is -0.00615. The highest BCUT2D eigenvalue weighted by molar-refractivity contribution is 6.00. The number of aliphatic imine (C=N–C) groups is 1. The van der Waals surface area contributed by atoms with Crippen LogP contribution in [0.1, 0.15) is 5.69 Å². The molecule has 8 heteroatoms. The van der Waals surface area contributed by atoms with E-state index in [9.17, 15) is 9.50 Å². The van der Waals surface area contributed by atoms with Crippen molar-refractivity contribution in [3.8, 4) is 5.88 Å². The van der Waals surface area contributed by atoms with E-state index in [-0.39, 0.29) is 17.4 Å². The van der Waals surface area contributed by atoms with Gasteiger partial charge in [-0.2, -0.15) is 0 Å². The van der Waals surface area contributed by atoms with Gasteiger partial charge in [-0.3, -0.25) is 4.98 Å². The number of aromatic amines is 1. The number of pyridine rings is 2. The maximum Gasteiger partial charge on any atom is 0.218 e. The lowest BCUT2D eigenvalue weighted by atomic mass is 10.2. The van der Waals surface area contributed by atoms with Crippen molar-refractivity contribution in [2.24, 2.45) is 15.2 Å². The Morgan fingerprint density at radius 2 is 1.81 bits per heavy atom. The number of benzene rings is 1. The highest BCUT2D eigenvalue weighted by Crippen LogP contribution is 2.35. The zero-order valence-corrected chi connectivity index (χ0v) is 13.9. The molecule has 0 radical (unpaired) electrons. The van der Waals surface area contributed by atoms with E-state index in [0.29, 0.717) is 22.4 Å². The minimum absolute atomic E-state index is 0.120. The predicted molar refractivity (Wildman–Crippen MR) is 99.1 cm³/mol. The number of nitrogens with one attached hydrogen (secondary N) is 1. The average Bonchev–Trinajstić information content (AvgIpc) is 3.01. The van der Waals surface area contributed by atoms with Crippen molar-refractivity contribution in [1.29, 1.82) is 0 Å². The molecular weight excluding hydrogens is 347 g/mol. The molecule has 0 aliphatic heterocycles. The molecule has 0 fully saturated rings. The van der Waals surface area contributed by atoms with Crippen LogP contribution >= 0.6 is 0 Å². The highest BCUT2D eigenvalue weighted by Gasteiger charge is 2.12. The second-order valence-corrected chi connectivity index (χ2v) is 5.55. The van der Waals surface area contributed by atoms with Gasteiger partial charge in [0, 0.05) is 17.8 Å². The van der Waals surface area contributed by atoms with Gasteiger partial charge < -0.3 is 10.1 Å². The van der Waals surface area contributed by atoms with E-state index in [4.69, 9.17) is 0 Å². The van der Waals surface area contributed by atoms with E-state index < -0.39 is 5.82 Å². The van der Waals surface area contributed by atoms with Crippen LogP contribution in [0.2, 0.25) is 0 Å². The van der Waals surface area contributed by atoms with Crippen molar-refractivity contribution in [3.63, 3.8) is 0 Å². The van der Waals surface area contributed by atoms with Crippen molar-refractivity contribution in [3.05, 3.63) is 78.5 Å². The fourth-order valence-electron chi connectivity index (χ4n) is 2.49. The van der Waals surface area contributed by atoms with Crippen molar-refractivity contribution < 1.29 is 9.50 Å². The number of fused-ring (bicyclic) bond motifs is 1. The van der Waals surface area contributed by atoms with Gasteiger partial charge in [-0.25, -0.2) is 14.4 Å². The number of rotatable bonds is 3. The summed E-state index contributed by atoms with van der Waals surface area (Å²) in [5, 5.41) is 18.7. The molecule has 0 unspecified atom stereocenters. The van der Waals surface area contributed by atoms with Crippen molar-refractivity contribution in [2.45, 2.75) is 0 Å². The maximum absolute atomic E-state index is 13.6. The average molecular weight is 360 g/mol. The van der Waals surface area contributed by atoms with Crippen LogP contribution in [0.5, 0.6) is 5.88 Å². The molecule has 0 atom stereocenters. The minimum Gasteiger partial charge on any atom is -0.493 e. The molecule has 0 saturated heterocycles. The number of halogens is 1. The van der Waals surface area contributed by atoms with Crippen molar-refractivity contribution in [1.82, 2.24) is 15.0 Å².